The number of rotatable bonds is 4. The van der Waals surface area contributed by atoms with Gasteiger partial charge in [-0.05, 0) is 12.1 Å². The van der Waals surface area contributed by atoms with Crippen LogP contribution in [0.4, 0.5) is 0 Å². The first-order chi connectivity index (χ1) is 6.69. The molecule has 4 nitrogen and oxygen atoms in total. The van der Waals surface area contributed by atoms with Crippen molar-refractivity contribution in [3.05, 3.63) is 24.0 Å². The van der Waals surface area contributed by atoms with Gasteiger partial charge in [0.2, 0.25) is 0 Å². The summed E-state index contributed by atoms with van der Waals surface area (Å²) >= 11 is 5.41. The van der Waals surface area contributed by atoms with Crippen LogP contribution in [0, 0.1) is 0 Å². The topological polar surface area (TPSA) is 48.3 Å². The summed E-state index contributed by atoms with van der Waals surface area (Å²) in [4.78, 5) is 22.2. The molecule has 0 aromatic carbocycles. The third-order valence-corrected chi connectivity index (χ3v) is 2.01. The number of esters is 1. The lowest BCUT2D eigenvalue weighted by atomic mass is 10.3. The van der Waals surface area contributed by atoms with E-state index in [1.807, 2.05) is 0 Å². The average molecular weight is 216 g/mol. The van der Waals surface area contributed by atoms with Crippen LogP contribution >= 0.6 is 11.6 Å². The number of carbonyl (C=O) groups is 2. The first-order valence-corrected chi connectivity index (χ1v) is 4.53. The summed E-state index contributed by atoms with van der Waals surface area (Å²) in [5, 5.41) is 0. The molecule has 76 valence electrons. The highest BCUT2D eigenvalue weighted by Gasteiger charge is 2.11. The number of methoxy groups -OCH3 is 1. The molecule has 0 bridgehead atoms. The number of alkyl halides is 1. The fraction of sp³-hybridized carbons (Fsp3) is 0.333. The van der Waals surface area contributed by atoms with Crippen LogP contribution in [-0.2, 0) is 16.1 Å². The molecule has 0 N–H and O–H groups in total. The largest absolute Gasteiger partial charge is 0.468 e. The van der Waals surface area contributed by atoms with Crippen molar-refractivity contribution < 1.29 is 14.3 Å². The Balaban J connectivity index is 2.82. The highest BCUT2D eigenvalue weighted by molar-refractivity contribution is 6.30. The molecule has 0 saturated heterocycles. The normalized spacial score (nSPS) is 9.86. The van der Waals surface area contributed by atoms with Crippen LogP contribution in [0.15, 0.2) is 18.3 Å². The lowest BCUT2D eigenvalue weighted by molar-refractivity contribution is -0.141. The molecule has 1 rings (SSSR count). The smallest absolute Gasteiger partial charge is 0.325 e. The highest BCUT2D eigenvalue weighted by Crippen LogP contribution is 2.04. The Morgan fingerprint density at radius 2 is 2.29 bits per heavy atom. The number of ketones is 1. The summed E-state index contributed by atoms with van der Waals surface area (Å²) in [6.45, 7) is 0.0292. The molecule has 0 spiro atoms. The molecule has 0 aliphatic carbocycles. The number of hydrogen-bond donors (Lipinski definition) is 0. The molecule has 1 aromatic rings. The van der Waals surface area contributed by atoms with Gasteiger partial charge >= 0.3 is 5.97 Å². The number of halogens is 1. The number of nitrogens with zero attached hydrogens (tertiary/aromatic N) is 1. The first-order valence-electron chi connectivity index (χ1n) is 4.00. The molecule has 0 amide bonds. The molecule has 0 atom stereocenters. The number of ether oxygens (including phenoxy) is 1. The Hall–Kier alpha value is -1.29. The van der Waals surface area contributed by atoms with Crippen molar-refractivity contribution in [2.75, 3.05) is 13.0 Å². The third kappa shape index (κ3) is 2.35. The van der Waals surface area contributed by atoms with E-state index in [2.05, 4.69) is 4.74 Å². The van der Waals surface area contributed by atoms with E-state index < -0.39 is 5.97 Å². The molecule has 5 heteroatoms. The monoisotopic (exact) mass is 215 g/mol. The summed E-state index contributed by atoms with van der Waals surface area (Å²) in [6, 6.07) is 3.30. The molecule has 0 unspecified atom stereocenters. The standard InChI is InChI=1S/C9H10ClNO3/c1-14-9(13)6-11-4-2-3-7(11)8(12)5-10/h2-4H,5-6H2,1H3. The summed E-state index contributed by atoms with van der Waals surface area (Å²) in [6.07, 6.45) is 1.64. The third-order valence-electron chi connectivity index (χ3n) is 1.76. The van der Waals surface area contributed by atoms with Crippen LogP contribution in [0.3, 0.4) is 0 Å². The van der Waals surface area contributed by atoms with Crippen molar-refractivity contribution in [2.24, 2.45) is 0 Å². The van der Waals surface area contributed by atoms with Gasteiger partial charge in [0, 0.05) is 6.20 Å². The van der Waals surface area contributed by atoms with Gasteiger partial charge in [0.15, 0.2) is 5.78 Å². The Morgan fingerprint density at radius 1 is 1.57 bits per heavy atom. The molecule has 0 radical (unpaired) electrons. The maximum atomic E-state index is 11.3. The van der Waals surface area contributed by atoms with E-state index in [0.29, 0.717) is 5.69 Å². The fourth-order valence-electron chi connectivity index (χ4n) is 1.08. The van der Waals surface area contributed by atoms with Gasteiger partial charge in [-0.1, -0.05) is 0 Å². The van der Waals surface area contributed by atoms with E-state index in [0.717, 1.165) is 0 Å². The van der Waals surface area contributed by atoms with Gasteiger partial charge in [-0.3, -0.25) is 9.59 Å². The van der Waals surface area contributed by atoms with Crippen LogP contribution in [0.1, 0.15) is 10.5 Å². The van der Waals surface area contributed by atoms with Gasteiger partial charge in [-0.15, -0.1) is 11.6 Å². The summed E-state index contributed by atoms with van der Waals surface area (Å²) in [5.74, 6) is -0.698. The zero-order valence-corrected chi connectivity index (χ0v) is 8.45. The van der Waals surface area contributed by atoms with E-state index in [1.54, 1.807) is 18.3 Å². The summed E-state index contributed by atoms with van der Waals surface area (Å²) < 4.78 is 6.00. The van der Waals surface area contributed by atoms with Crippen LogP contribution < -0.4 is 0 Å². The van der Waals surface area contributed by atoms with E-state index in [4.69, 9.17) is 11.6 Å². The van der Waals surface area contributed by atoms with Crippen LogP contribution in [-0.4, -0.2) is 29.3 Å². The second-order valence-electron chi connectivity index (χ2n) is 2.65. The number of aromatic nitrogens is 1. The number of Topliss-reactive ketones (excluding diaryl/α,β-unsaturated/α-hetero) is 1. The molecule has 0 aliphatic heterocycles. The van der Waals surface area contributed by atoms with Crippen molar-refractivity contribution in [2.45, 2.75) is 6.54 Å². The van der Waals surface area contributed by atoms with Crippen LogP contribution in [0.2, 0.25) is 0 Å². The molecular formula is C9H10ClNO3. The minimum atomic E-state index is -0.398. The second-order valence-corrected chi connectivity index (χ2v) is 2.92. The van der Waals surface area contributed by atoms with Crippen LogP contribution in [0.25, 0.3) is 0 Å². The van der Waals surface area contributed by atoms with Crippen LogP contribution in [0.5, 0.6) is 0 Å². The molecule has 1 aromatic heterocycles. The minimum absolute atomic E-state index is 0.0292. The van der Waals surface area contributed by atoms with Crippen molar-refractivity contribution in [1.82, 2.24) is 4.57 Å². The molecule has 14 heavy (non-hydrogen) atoms. The van der Waals surface area contributed by atoms with E-state index in [-0.39, 0.29) is 18.2 Å². The maximum Gasteiger partial charge on any atom is 0.325 e. The first kappa shape index (κ1) is 10.8. The van der Waals surface area contributed by atoms with Crippen molar-refractivity contribution in [1.29, 1.82) is 0 Å². The summed E-state index contributed by atoms with van der Waals surface area (Å²) in [7, 11) is 1.30. The second kappa shape index (κ2) is 4.81. The minimum Gasteiger partial charge on any atom is -0.468 e. The highest BCUT2D eigenvalue weighted by atomic mass is 35.5. The van der Waals surface area contributed by atoms with Gasteiger partial charge in [0.25, 0.3) is 0 Å². The van der Waals surface area contributed by atoms with Gasteiger partial charge in [0.1, 0.15) is 6.54 Å². The van der Waals surface area contributed by atoms with Crippen molar-refractivity contribution in [3.8, 4) is 0 Å². The number of carbonyl (C=O) groups excluding carboxylic acids is 2. The lowest BCUT2D eigenvalue weighted by Gasteiger charge is -2.05. The van der Waals surface area contributed by atoms with Gasteiger partial charge < -0.3 is 9.30 Å². The number of hydrogen-bond acceptors (Lipinski definition) is 3. The quantitative estimate of drug-likeness (QED) is 0.429. The van der Waals surface area contributed by atoms with Crippen molar-refractivity contribution >= 4 is 23.4 Å². The molecule has 0 fully saturated rings. The maximum absolute atomic E-state index is 11.3. The molecular weight excluding hydrogens is 206 g/mol. The van der Waals surface area contributed by atoms with Crippen molar-refractivity contribution in [3.63, 3.8) is 0 Å². The zero-order valence-electron chi connectivity index (χ0n) is 7.70. The Bertz CT molecular complexity index is 346. The average Bonchev–Trinajstić information content (AvgIpc) is 2.64. The SMILES string of the molecule is COC(=O)Cn1cccc1C(=O)CCl. The van der Waals surface area contributed by atoms with E-state index in [9.17, 15) is 9.59 Å². The Kier molecular flexibility index (Phi) is 3.71. The van der Waals surface area contributed by atoms with Gasteiger partial charge in [-0.2, -0.15) is 0 Å². The summed E-state index contributed by atoms with van der Waals surface area (Å²) in [5.41, 5.74) is 0.422. The van der Waals surface area contributed by atoms with Gasteiger partial charge in [0.05, 0.1) is 18.7 Å². The predicted molar refractivity (Wildman–Crippen MR) is 51.5 cm³/mol. The van der Waals surface area contributed by atoms with Gasteiger partial charge in [-0.25, -0.2) is 0 Å². The molecule has 0 aliphatic rings. The molecule has 0 saturated carbocycles. The molecule has 1 heterocycles. The Labute approximate surface area is 86.4 Å². The zero-order chi connectivity index (χ0) is 10.6. The van der Waals surface area contributed by atoms with E-state index >= 15 is 0 Å². The predicted octanol–water partition coefficient (Wildman–Crippen LogP) is 1.08. The van der Waals surface area contributed by atoms with E-state index in [1.165, 1.54) is 11.7 Å². The Morgan fingerprint density at radius 3 is 2.86 bits per heavy atom. The fourth-order valence-corrected chi connectivity index (χ4v) is 1.21. The lowest BCUT2D eigenvalue weighted by Crippen LogP contribution is -2.16.